The lowest BCUT2D eigenvalue weighted by atomic mass is 10.1. The van der Waals surface area contributed by atoms with Gasteiger partial charge in [0.05, 0.1) is 33.4 Å². The van der Waals surface area contributed by atoms with Gasteiger partial charge in [0, 0.05) is 16.5 Å². The van der Waals surface area contributed by atoms with E-state index < -0.39 is 0 Å². The first-order valence-electron chi connectivity index (χ1n) is 7.70. The second-order valence-corrected chi connectivity index (χ2v) is 6.07. The van der Waals surface area contributed by atoms with Gasteiger partial charge in [0.15, 0.2) is 16.6 Å². The molecule has 0 atom stereocenters. The molecule has 2 rings (SSSR count). The molecule has 2 aromatic rings. The van der Waals surface area contributed by atoms with Crippen molar-refractivity contribution in [2.24, 2.45) is 0 Å². The molecule has 0 aliphatic heterocycles. The number of carbonyl (C=O) groups is 2. The molecule has 1 aromatic heterocycles. The zero-order valence-corrected chi connectivity index (χ0v) is 15.6. The number of amides is 1. The molecule has 0 aliphatic rings. The number of ether oxygens (including phenoxy) is 3. The van der Waals surface area contributed by atoms with Crippen LogP contribution in [0, 0.1) is 0 Å². The summed E-state index contributed by atoms with van der Waals surface area (Å²) >= 11 is 1.23. The van der Waals surface area contributed by atoms with Gasteiger partial charge in [0.2, 0.25) is 0 Å². The van der Waals surface area contributed by atoms with Crippen molar-refractivity contribution < 1.29 is 23.8 Å². The molecule has 0 unspecified atom stereocenters. The van der Waals surface area contributed by atoms with E-state index in [2.05, 4.69) is 21.6 Å². The smallest absolute Gasteiger partial charge is 0.311 e. The van der Waals surface area contributed by atoms with Crippen molar-refractivity contribution in [3.05, 3.63) is 47.0 Å². The van der Waals surface area contributed by atoms with Crippen LogP contribution in [-0.2, 0) is 22.4 Å². The predicted octanol–water partition coefficient (Wildman–Crippen LogP) is 2.86. The summed E-state index contributed by atoms with van der Waals surface area (Å²) in [6, 6.07) is 3.32. The third-order valence-electron chi connectivity index (χ3n) is 3.51. The van der Waals surface area contributed by atoms with E-state index in [0.717, 1.165) is 5.56 Å². The summed E-state index contributed by atoms with van der Waals surface area (Å²) in [6.45, 7) is 3.72. The number of esters is 1. The van der Waals surface area contributed by atoms with Crippen LogP contribution in [0.3, 0.4) is 0 Å². The van der Waals surface area contributed by atoms with Gasteiger partial charge in [-0.25, -0.2) is 4.98 Å². The van der Waals surface area contributed by atoms with E-state index in [9.17, 15) is 9.59 Å². The number of nitrogens with zero attached hydrogens (tertiary/aromatic N) is 1. The average Bonchev–Trinajstić information content (AvgIpc) is 3.07. The molecule has 0 saturated heterocycles. The minimum Gasteiger partial charge on any atom is -0.493 e. The van der Waals surface area contributed by atoms with Gasteiger partial charge in [-0.05, 0) is 18.6 Å². The average molecular weight is 376 g/mol. The van der Waals surface area contributed by atoms with Crippen LogP contribution in [0.4, 0.5) is 5.13 Å². The fourth-order valence-corrected chi connectivity index (χ4v) is 3.02. The number of methoxy groups -OCH3 is 3. The highest BCUT2D eigenvalue weighted by molar-refractivity contribution is 7.14. The van der Waals surface area contributed by atoms with Crippen molar-refractivity contribution in [1.29, 1.82) is 0 Å². The summed E-state index contributed by atoms with van der Waals surface area (Å²) < 4.78 is 15.3. The number of carbonyl (C=O) groups excluding carboxylic acids is 2. The second kappa shape index (κ2) is 9.00. The summed E-state index contributed by atoms with van der Waals surface area (Å²) in [5, 5.41) is 4.82. The van der Waals surface area contributed by atoms with E-state index in [0.29, 0.717) is 34.3 Å². The molecule has 0 bridgehead atoms. The molecular weight excluding hydrogens is 356 g/mol. The van der Waals surface area contributed by atoms with E-state index in [1.54, 1.807) is 30.7 Å². The van der Waals surface area contributed by atoms with Crippen molar-refractivity contribution in [1.82, 2.24) is 4.98 Å². The summed E-state index contributed by atoms with van der Waals surface area (Å²) in [5.74, 6) is 0.304. The largest absolute Gasteiger partial charge is 0.493 e. The first-order valence-corrected chi connectivity index (χ1v) is 8.58. The van der Waals surface area contributed by atoms with Gasteiger partial charge in [-0.3, -0.25) is 14.9 Å². The number of hydrogen-bond donors (Lipinski definition) is 1. The highest BCUT2D eigenvalue weighted by Crippen LogP contribution is 2.33. The van der Waals surface area contributed by atoms with Crippen LogP contribution < -0.4 is 14.8 Å². The maximum absolute atomic E-state index is 12.6. The van der Waals surface area contributed by atoms with Gasteiger partial charge < -0.3 is 14.2 Å². The molecule has 0 fully saturated rings. The molecule has 1 N–H and O–H groups in total. The highest BCUT2D eigenvalue weighted by Gasteiger charge is 2.17. The van der Waals surface area contributed by atoms with Crippen LogP contribution in [0.25, 0.3) is 0 Å². The Hall–Kier alpha value is -2.87. The monoisotopic (exact) mass is 376 g/mol. The third-order valence-corrected chi connectivity index (χ3v) is 4.31. The lowest BCUT2D eigenvalue weighted by Crippen LogP contribution is -2.13. The Kier molecular flexibility index (Phi) is 6.74. The normalized spacial score (nSPS) is 10.1. The zero-order chi connectivity index (χ0) is 19.1. The number of nitrogens with one attached hydrogen (secondary N) is 1. The number of anilines is 1. The number of allylic oxidation sites excluding steroid dienone is 1. The third kappa shape index (κ3) is 4.60. The standard InChI is InChI=1S/C18H20N2O5S/c1-5-6-11-7-12(8-14(23-2)16(11)25-4)17(22)20-18-19-13(10-26-18)9-15(21)24-3/h5,7-8,10H,1,6,9H2,2-4H3,(H,19,20,22). The molecule has 1 heterocycles. The van der Waals surface area contributed by atoms with Gasteiger partial charge in [0.1, 0.15) is 0 Å². The molecule has 0 radical (unpaired) electrons. The molecule has 0 saturated carbocycles. The molecule has 1 amide bonds. The van der Waals surface area contributed by atoms with E-state index >= 15 is 0 Å². The Morgan fingerprint density at radius 2 is 2.04 bits per heavy atom. The maximum atomic E-state index is 12.6. The quantitative estimate of drug-likeness (QED) is 0.563. The Bertz CT molecular complexity index is 816. The Morgan fingerprint density at radius 3 is 2.65 bits per heavy atom. The highest BCUT2D eigenvalue weighted by atomic mass is 32.1. The Labute approximate surface area is 155 Å². The van der Waals surface area contributed by atoms with Crippen LogP contribution in [0.5, 0.6) is 11.5 Å². The maximum Gasteiger partial charge on any atom is 0.311 e. The number of aromatic nitrogens is 1. The van der Waals surface area contributed by atoms with Gasteiger partial charge in [-0.1, -0.05) is 6.08 Å². The van der Waals surface area contributed by atoms with Crippen LogP contribution in [0.15, 0.2) is 30.2 Å². The number of benzene rings is 1. The van der Waals surface area contributed by atoms with Gasteiger partial charge >= 0.3 is 5.97 Å². The SMILES string of the molecule is C=CCc1cc(C(=O)Nc2nc(CC(=O)OC)cs2)cc(OC)c1OC. The number of hydrogen-bond acceptors (Lipinski definition) is 7. The minimum atomic E-state index is -0.387. The molecule has 8 heteroatoms. The Balaban J connectivity index is 2.22. The van der Waals surface area contributed by atoms with Gasteiger partial charge in [-0.2, -0.15) is 0 Å². The zero-order valence-electron chi connectivity index (χ0n) is 14.8. The Morgan fingerprint density at radius 1 is 1.27 bits per heavy atom. The van der Waals surface area contributed by atoms with Crippen molar-refractivity contribution >= 4 is 28.3 Å². The topological polar surface area (TPSA) is 86.8 Å². The van der Waals surface area contributed by atoms with E-state index in [4.69, 9.17) is 9.47 Å². The van der Waals surface area contributed by atoms with Crippen LogP contribution in [0.1, 0.15) is 21.6 Å². The minimum absolute atomic E-state index is 0.0582. The summed E-state index contributed by atoms with van der Waals surface area (Å²) in [6.07, 6.45) is 2.31. The lowest BCUT2D eigenvalue weighted by molar-refractivity contribution is -0.139. The fourth-order valence-electron chi connectivity index (χ4n) is 2.32. The first-order chi connectivity index (χ1) is 12.5. The van der Waals surface area contributed by atoms with E-state index in [1.807, 2.05) is 0 Å². The van der Waals surface area contributed by atoms with Crippen LogP contribution in [0.2, 0.25) is 0 Å². The van der Waals surface area contributed by atoms with Gasteiger partial charge in [-0.15, -0.1) is 17.9 Å². The molecule has 0 spiro atoms. The number of thiazole rings is 1. The predicted molar refractivity (Wildman–Crippen MR) is 99.2 cm³/mol. The number of rotatable bonds is 8. The van der Waals surface area contributed by atoms with Crippen molar-refractivity contribution in [2.45, 2.75) is 12.8 Å². The van der Waals surface area contributed by atoms with Crippen molar-refractivity contribution in [3.63, 3.8) is 0 Å². The molecule has 138 valence electrons. The first kappa shape index (κ1) is 19.5. The van der Waals surface area contributed by atoms with Gasteiger partial charge in [0.25, 0.3) is 5.91 Å². The summed E-state index contributed by atoms with van der Waals surface area (Å²) in [7, 11) is 4.37. The van der Waals surface area contributed by atoms with E-state index in [1.165, 1.54) is 25.6 Å². The molecule has 0 aliphatic carbocycles. The molecule has 1 aromatic carbocycles. The summed E-state index contributed by atoms with van der Waals surface area (Å²) in [5.41, 5.74) is 1.73. The van der Waals surface area contributed by atoms with Crippen LogP contribution in [-0.4, -0.2) is 38.2 Å². The molecule has 7 nitrogen and oxygen atoms in total. The molecule has 26 heavy (non-hydrogen) atoms. The lowest BCUT2D eigenvalue weighted by Gasteiger charge is -2.14. The van der Waals surface area contributed by atoms with Crippen LogP contribution >= 0.6 is 11.3 Å². The van der Waals surface area contributed by atoms with Crippen molar-refractivity contribution in [3.8, 4) is 11.5 Å². The van der Waals surface area contributed by atoms with Crippen molar-refractivity contribution in [2.75, 3.05) is 26.6 Å². The van der Waals surface area contributed by atoms with E-state index in [-0.39, 0.29) is 18.3 Å². The summed E-state index contributed by atoms with van der Waals surface area (Å²) in [4.78, 5) is 28.1. The second-order valence-electron chi connectivity index (χ2n) is 5.21. The fraction of sp³-hybridized carbons (Fsp3) is 0.278. The molecular formula is C18H20N2O5S.